The van der Waals surface area contributed by atoms with Gasteiger partial charge in [-0.15, -0.1) is 11.8 Å². The third-order valence-electron chi connectivity index (χ3n) is 5.07. The summed E-state index contributed by atoms with van der Waals surface area (Å²) in [5.74, 6) is 0.385. The molecule has 1 fully saturated rings. The van der Waals surface area contributed by atoms with Gasteiger partial charge in [0.05, 0.1) is 5.75 Å². The molecule has 1 unspecified atom stereocenters. The van der Waals surface area contributed by atoms with Gasteiger partial charge in [0.25, 0.3) is 5.91 Å². The first-order valence-corrected chi connectivity index (χ1v) is 11.6. The first-order chi connectivity index (χ1) is 14.9. The molecule has 0 saturated carbocycles. The minimum absolute atomic E-state index is 0.0890. The number of anilines is 3. The third-order valence-corrected chi connectivity index (χ3v) is 6.81. The number of carbonyl (C=O) groups excluding carboxylic acids is 2. The van der Waals surface area contributed by atoms with Gasteiger partial charge >= 0.3 is 0 Å². The van der Waals surface area contributed by atoms with E-state index in [1.165, 1.54) is 0 Å². The molecule has 2 amide bonds. The Hall–Kier alpha value is -2.77. The van der Waals surface area contributed by atoms with E-state index in [1.54, 1.807) is 23.9 Å². The van der Waals surface area contributed by atoms with Crippen molar-refractivity contribution in [1.29, 1.82) is 0 Å². The number of nitrogens with one attached hydrogen (secondary N) is 1. The van der Waals surface area contributed by atoms with Crippen molar-refractivity contribution in [2.24, 2.45) is 0 Å². The highest BCUT2D eigenvalue weighted by Gasteiger charge is 2.34. The summed E-state index contributed by atoms with van der Waals surface area (Å²) in [6, 6.07) is 22.9. The summed E-state index contributed by atoms with van der Waals surface area (Å²) in [5.41, 5.74) is 4.31. The van der Waals surface area contributed by atoms with Crippen LogP contribution in [-0.2, 0) is 4.79 Å². The van der Waals surface area contributed by atoms with Crippen LogP contribution in [-0.4, -0.2) is 31.7 Å². The number of thioether (sulfide) groups is 1. The van der Waals surface area contributed by atoms with E-state index in [2.05, 4.69) is 21.2 Å². The molecule has 31 heavy (non-hydrogen) atoms. The first-order valence-electron chi connectivity index (χ1n) is 9.80. The lowest BCUT2D eigenvalue weighted by Crippen LogP contribution is -2.27. The Morgan fingerprint density at radius 1 is 1.00 bits per heavy atom. The highest BCUT2D eigenvalue weighted by molar-refractivity contribution is 9.10. The summed E-state index contributed by atoms with van der Waals surface area (Å²) in [6.45, 7) is 0. The van der Waals surface area contributed by atoms with Crippen molar-refractivity contribution in [2.75, 3.05) is 35.0 Å². The van der Waals surface area contributed by atoms with E-state index in [9.17, 15) is 9.59 Å². The largest absolute Gasteiger partial charge is 0.378 e. The molecule has 1 saturated heterocycles. The fraction of sp³-hybridized carbons (Fsp3) is 0.167. The summed E-state index contributed by atoms with van der Waals surface area (Å²) in [4.78, 5) is 28.9. The summed E-state index contributed by atoms with van der Waals surface area (Å²) in [6.07, 6.45) is 0. The topological polar surface area (TPSA) is 52.6 Å². The van der Waals surface area contributed by atoms with Crippen LogP contribution in [0.2, 0.25) is 0 Å². The Balaban J connectivity index is 1.50. The molecule has 3 aromatic carbocycles. The number of carbonyl (C=O) groups is 2. The molecular weight excluding hydrogens is 474 g/mol. The van der Waals surface area contributed by atoms with Crippen molar-refractivity contribution in [3.05, 3.63) is 88.4 Å². The number of benzene rings is 3. The maximum atomic E-state index is 12.6. The van der Waals surface area contributed by atoms with Gasteiger partial charge in [-0.3, -0.25) is 14.5 Å². The van der Waals surface area contributed by atoms with Crippen molar-refractivity contribution >= 4 is 56.6 Å². The van der Waals surface area contributed by atoms with E-state index in [-0.39, 0.29) is 17.2 Å². The highest BCUT2D eigenvalue weighted by atomic mass is 79.9. The first kappa shape index (κ1) is 21.5. The Morgan fingerprint density at radius 3 is 2.26 bits per heavy atom. The van der Waals surface area contributed by atoms with Crippen LogP contribution in [0.25, 0.3) is 0 Å². The van der Waals surface area contributed by atoms with Gasteiger partial charge in [-0.25, -0.2) is 0 Å². The molecule has 0 aliphatic carbocycles. The summed E-state index contributed by atoms with van der Waals surface area (Å²) >= 11 is 4.98. The quantitative estimate of drug-likeness (QED) is 0.504. The molecule has 1 heterocycles. The van der Waals surface area contributed by atoms with Gasteiger partial charge in [0.1, 0.15) is 5.37 Å². The van der Waals surface area contributed by atoms with Crippen LogP contribution in [0.1, 0.15) is 21.3 Å². The molecule has 5 nitrogen and oxygen atoms in total. The molecule has 1 N–H and O–H groups in total. The van der Waals surface area contributed by atoms with Crippen molar-refractivity contribution in [3.8, 4) is 0 Å². The van der Waals surface area contributed by atoms with Gasteiger partial charge in [0.15, 0.2) is 0 Å². The van der Waals surface area contributed by atoms with E-state index < -0.39 is 0 Å². The zero-order valence-corrected chi connectivity index (χ0v) is 19.6. The van der Waals surface area contributed by atoms with Gasteiger partial charge < -0.3 is 10.2 Å². The smallest absolute Gasteiger partial charge is 0.255 e. The number of amides is 2. The maximum absolute atomic E-state index is 12.6. The zero-order chi connectivity index (χ0) is 22.0. The van der Waals surface area contributed by atoms with Gasteiger partial charge in [-0.1, -0.05) is 28.1 Å². The van der Waals surface area contributed by atoms with Crippen molar-refractivity contribution in [1.82, 2.24) is 0 Å². The SMILES string of the molecule is CN(C)c1ccc(N2C(=O)CSC2c2ccc(NC(=O)c3ccc(Br)cc3)cc2)cc1. The van der Waals surface area contributed by atoms with E-state index >= 15 is 0 Å². The van der Waals surface area contributed by atoms with Crippen molar-refractivity contribution < 1.29 is 9.59 Å². The molecule has 0 aromatic heterocycles. The van der Waals surface area contributed by atoms with Gasteiger partial charge in [-0.2, -0.15) is 0 Å². The fourth-order valence-corrected chi connectivity index (χ4v) is 4.84. The Kier molecular flexibility index (Phi) is 6.34. The minimum Gasteiger partial charge on any atom is -0.378 e. The van der Waals surface area contributed by atoms with Crippen LogP contribution in [0.15, 0.2) is 77.3 Å². The van der Waals surface area contributed by atoms with Crippen LogP contribution in [0.3, 0.4) is 0 Å². The van der Waals surface area contributed by atoms with Crippen LogP contribution >= 0.6 is 27.7 Å². The fourth-order valence-electron chi connectivity index (χ4n) is 3.40. The molecule has 0 spiro atoms. The minimum atomic E-state index is -0.159. The number of nitrogens with zero attached hydrogens (tertiary/aromatic N) is 2. The normalized spacial score (nSPS) is 15.8. The van der Waals surface area contributed by atoms with Crippen LogP contribution < -0.4 is 15.1 Å². The van der Waals surface area contributed by atoms with Crippen molar-refractivity contribution in [2.45, 2.75) is 5.37 Å². The van der Waals surface area contributed by atoms with Gasteiger partial charge in [-0.05, 0) is 66.2 Å². The van der Waals surface area contributed by atoms with Crippen LogP contribution in [0.4, 0.5) is 17.1 Å². The second-order valence-corrected chi connectivity index (χ2v) is 9.41. The van der Waals surface area contributed by atoms with Crippen LogP contribution in [0.5, 0.6) is 0 Å². The summed E-state index contributed by atoms with van der Waals surface area (Å²) in [7, 11) is 3.98. The monoisotopic (exact) mass is 495 g/mol. The average molecular weight is 496 g/mol. The number of hydrogen-bond acceptors (Lipinski definition) is 4. The van der Waals surface area contributed by atoms with Crippen LogP contribution in [0, 0.1) is 0 Å². The summed E-state index contributed by atoms with van der Waals surface area (Å²) in [5, 5.41) is 2.83. The Morgan fingerprint density at radius 2 is 1.65 bits per heavy atom. The number of hydrogen-bond donors (Lipinski definition) is 1. The Bertz CT molecular complexity index is 1080. The van der Waals surface area contributed by atoms with E-state index in [0.717, 1.165) is 21.4 Å². The molecular formula is C24H22BrN3O2S. The predicted octanol–water partition coefficient (Wildman–Crippen LogP) is 5.55. The van der Waals surface area contributed by atoms with E-state index in [0.29, 0.717) is 17.0 Å². The molecule has 1 aliphatic heterocycles. The molecule has 0 radical (unpaired) electrons. The summed E-state index contributed by atoms with van der Waals surface area (Å²) < 4.78 is 0.929. The predicted molar refractivity (Wildman–Crippen MR) is 132 cm³/mol. The van der Waals surface area contributed by atoms with Gasteiger partial charge in [0.2, 0.25) is 5.91 Å². The lowest BCUT2D eigenvalue weighted by atomic mass is 10.1. The zero-order valence-electron chi connectivity index (χ0n) is 17.2. The third kappa shape index (κ3) is 4.78. The standard InChI is InChI=1S/C24H22BrN3O2S/c1-27(2)20-11-13-21(14-12-20)28-22(29)15-31-24(28)17-5-9-19(10-6-17)26-23(30)16-3-7-18(25)8-4-16/h3-14,24H,15H2,1-2H3,(H,26,30). The molecule has 1 atom stereocenters. The molecule has 3 aromatic rings. The average Bonchev–Trinajstić information content (AvgIpc) is 3.16. The molecule has 7 heteroatoms. The number of rotatable bonds is 5. The van der Waals surface area contributed by atoms with E-state index in [4.69, 9.17) is 0 Å². The maximum Gasteiger partial charge on any atom is 0.255 e. The lowest BCUT2D eigenvalue weighted by molar-refractivity contribution is -0.115. The molecule has 1 aliphatic rings. The molecule has 158 valence electrons. The second kappa shape index (κ2) is 9.16. The molecule has 0 bridgehead atoms. The second-order valence-electron chi connectivity index (χ2n) is 7.42. The van der Waals surface area contributed by atoms with E-state index in [1.807, 2.05) is 84.6 Å². The molecule has 4 rings (SSSR count). The Labute approximate surface area is 194 Å². The van der Waals surface area contributed by atoms with Crippen molar-refractivity contribution in [3.63, 3.8) is 0 Å². The lowest BCUT2D eigenvalue weighted by Gasteiger charge is -2.25. The number of halogens is 1. The van der Waals surface area contributed by atoms with Gasteiger partial charge in [0, 0.05) is 41.2 Å². The highest BCUT2D eigenvalue weighted by Crippen LogP contribution is 2.42.